The third-order valence-corrected chi connectivity index (χ3v) is 6.69. The van der Waals surface area contributed by atoms with E-state index in [4.69, 9.17) is 14.6 Å². The van der Waals surface area contributed by atoms with E-state index in [1.54, 1.807) is 23.8 Å². The number of halogens is 5. The molecule has 2 unspecified atom stereocenters. The summed E-state index contributed by atoms with van der Waals surface area (Å²) in [6, 6.07) is 9.29. The van der Waals surface area contributed by atoms with Gasteiger partial charge in [-0.05, 0) is 63.3 Å². The Morgan fingerprint density at radius 2 is 1.64 bits per heavy atom. The van der Waals surface area contributed by atoms with Gasteiger partial charge in [-0.15, -0.1) is 0 Å². The van der Waals surface area contributed by atoms with Gasteiger partial charge in [-0.1, -0.05) is 0 Å². The molecule has 2 aliphatic heterocycles. The number of carbonyl (C=O) groups excluding carboxylic acids is 2. The number of aliphatic hydroxyl groups is 1. The molecule has 9 nitrogen and oxygen atoms in total. The standard InChI is InChI=1S/C21H22F2N2O4.C7H5FO.C2H7N.CH2F2O/c1-12-3-5-24(14-4-6-29-11-14)21(27)20(12)25-10-13(7-18(25)26)19-16(22)8-15(28-2)9-17(19)23;8-7-3-1-6(5-9)2-4-7;1-3-2;2-1(3)4/h3,5,8-9,13-14H,4,6-7,10-11H2,1-2H3;1-5H;3H,1-2H3;1,4H. The van der Waals surface area contributed by atoms with Crippen molar-refractivity contribution in [2.45, 2.75) is 38.3 Å². The molecule has 3 aromatic rings. The van der Waals surface area contributed by atoms with Gasteiger partial charge in [-0.25, -0.2) is 13.2 Å². The minimum absolute atomic E-state index is 0.0419. The second-order valence-electron chi connectivity index (χ2n) is 9.93. The summed E-state index contributed by atoms with van der Waals surface area (Å²) in [4.78, 5) is 37.2. The van der Waals surface area contributed by atoms with Crippen LogP contribution in [0.3, 0.4) is 0 Å². The van der Waals surface area contributed by atoms with Crippen LogP contribution in [0.5, 0.6) is 5.75 Å². The van der Waals surface area contributed by atoms with Crippen LogP contribution < -0.4 is 20.5 Å². The fourth-order valence-electron chi connectivity index (χ4n) is 4.71. The number of amides is 1. The number of pyridine rings is 1. The van der Waals surface area contributed by atoms with Crippen LogP contribution in [-0.2, 0) is 9.53 Å². The number of aliphatic hydroxyl groups excluding tert-OH is 1. The van der Waals surface area contributed by atoms with Gasteiger partial charge in [0.2, 0.25) is 5.91 Å². The molecular weight excluding hydrogens is 605 g/mol. The molecule has 2 N–H and O–H groups in total. The van der Waals surface area contributed by atoms with Crippen LogP contribution in [0.2, 0.25) is 0 Å². The van der Waals surface area contributed by atoms with Crippen molar-refractivity contribution >= 4 is 17.9 Å². The molecule has 45 heavy (non-hydrogen) atoms. The van der Waals surface area contributed by atoms with Gasteiger partial charge in [0.1, 0.15) is 35.2 Å². The van der Waals surface area contributed by atoms with E-state index in [2.05, 4.69) is 5.32 Å². The van der Waals surface area contributed by atoms with Gasteiger partial charge in [0.15, 0.2) is 0 Å². The highest BCUT2D eigenvalue weighted by molar-refractivity contribution is 5.97. The summed E-state index contributed by atoms with van der Waals surface area (Å²) >= 11 is 0. The molecule has 2 saturated heterocycles. The summed E-state index contributed by atoms with van der Waals surface area (Å²) in [5, 5.41) is 9.47. The number of ether oxygens (including phenoxy) is 2. The quantitative estimate of drug-likeness (QED) is 0.310. The van der Waals surface area contributed by atoms with Gasteiger partial charge < -0.3 is 29.4 Å². The van der Waals surface area contributed by atoms with Gasteiger partial charge >= 0.3 is 6.61 Å². The van der Waals surface area contributed by atoms with Crippen molar-refractivity contribution in [3.63, 3.8) is 0 Å². The topological polar surface area (TPSA) is 110 Å². The lowest BCUT2D eigenvalue weighted by Gasteiger charge is -2.22. The molecule has 1 aromatic heterocycles. The van der Waals surface area contributed by atoms with E-state index in [0.29, 0.717) is 30.6 Å². The summed E-state index contributed by atoms with van der Waals surface area (Å²) in [7, 11) is 5.08. The third kappa shape index (κ3) is 10.5. The maximum atomic E-state index is 14.5. The lowest BCUT2D eigenvalue weighted by Crippen LogP contribution is -2.35. The Labute approximate surface area is 257 Å². The van der Waals surface area contributed by atoms with Crippen molar-refractivity contribution in [2.24, 2.45) is 0 Å². The van der Waals surface area contributed by atoms with Crippen LogP contribution in [0.25, 0.3) is 0 Å². The summed E-state index contributed by atoms with van der Waals surface area (Å²) in [6.07, 6.45) is 3.04. The van der Waals surface area contributed by atoms with Gasteiger partial charge in [-0.3, -0.25) is 14.4 Å². The molecule has 1 amide bonds. The summed E-state index contributed by atoms with van der Waals surface area (Å²) in [5.74, 6) is -2.77. The first-order valence-electron chi connectivity index (χ1n) is 13.8. The highest BCUT2D eigenvalue weighted by Crippen LogP contribution is 2.36. The number of methoxy groups -OCH3 is 1. The normalized spacial score (nSPS) is 17.0. The molecule has 0 radical (unpaired) electrons. The second kappa shape index (κ2) is 18.0. The molecule has 14 heteroatoms. The van der Waals surface area contributed by atoms with Crippen molar-refractivity contribution in [3.8, 4) is 5.75 Å². The Balaban J connectivity index is 0.000000364. The number of alkyl halides is 2. The average molecular weight is 642 g/mol. The van der Waals surface area contributed by atoms with Crippen LogP contribution in [0.15, 0.2) is 53.5 Å². The number of anilines is 1. The van der Waals surface area contributed by atoms with Crippen LogP contribution in [0.1, 0.15) is 46.3 Å². The largest absolute Gasteiger partial charge is 0.497 e. The van der Waals surface area contributed by atoms with E-state index < -0.39 is 24.2 Å². The van der Waals surface area contributed by atoms with E-state index in [9.17, 15) is 36.3 Å². The van der Waals surface area contributed by atoms with Crippen LogP contribution in [0.4, 0.5) is 27.6 Å². The van der Waals surface area contributed by atoms with Crippen molar-refractivity contribution in [1.29, 1.82) is 0 Å². The predicted octanol–water partition coefficient (Wildman–Crippen LogP) is 4.60. The fourth-order valence-corrected chi connectivity index (χ4v) is 4.71. The average Bonchev–Trinajstić information content (AvgIpc) is 3.64. The Morgan fingerprint density at radius 1 is 1.07 bits per heavy atom. The maximum Gasteiger partial charge on any atom is 0.342 e. The lowest BCUT2D eigenvalue weighted by molar-refractivity contribution is -0.117. The molecule has 0 bridgehead atoms. The molecule has 2 fully saturated rings. The first-order chi connectivity index (χ1) is 21.4. The zero-order valence-electron chi connectivity index (χ0n) is 25.2. The molecule has 0 saturated carbocycles. The molecule has 0 aliphatic carbocycles. The number of nitrogens with one attached hydrogen (secondary N) is 1. The molecule has 2 atom stereocenters. The minimum atomic E-state index is -3.17. The number of aryl methyl sites for hydroxylation is 1. The zero-order chi connectivity index (χ0) is 33.7. The second-order valence-corrected chi connectivity index (χ2v) is 9.93. The van der Waals surface area contributed by atoms with E-state index in [1.165, 1.54) is 36.3 Å². The van der Waals surface area contributed by atoms with E-state index in [1.807, 2.05) is 14.1 Å². The molecule has 2 aliphatic rings. The Morgan fingerprint density at radius 3 is 2.13 bits per heavy atom. The smallest absolute Gasteiger partial charge is 0.342 e. The van der Waals surface area contributed by atoms with Crippen LogP contribution in [0, 0.1) is 24.4 Å². The minimum Gasteiger partial charge on any atom is -0.497 e. The fraction of sp³-hybridized carbons (Fsp3) is 0.387. The number of hydrogen-bond donors (Lipinski definition) is 2. The van der Waals surface area contributed by atoms with Crippen molar-refractivity contribution in [2.75, 3.05) is 45.9 Å². The first-order valence-corrected chi connectivity index (χ1v) is 13.8. The monoisotopic (exact) mass is 641 g/mol. The van der Waals surface area contributed by atoms with E-state index >= 15 is 0 Å². The molecule has 0 spiro atoms. The lowest BCUT2D eigenvalue weighted by atomic mass is 9.97. The van der Waals surface area contributed by atoms with Gasteiger partial charge in [0.25, 0.3) is 5.56 Å². The number of rotatable bonds is 5. The number of aromatic nitrogens is 1. The Bertz CT molecular complexity index is 1440. The predicted molar refractivity (Wildman–Crippen MR) is 158 cm³/mol. The number of carbonyl (C=O) groups is 2. The molecule has 2 aromatic carbocycles. The highest BCUT2D eigenvalue weighted by atomic mass is 19.3. The van der Waals surface area contributed by atoms with Gasteiger partial charge in [0.05, 0.1) is 19.8 Å². The molecule has 3 heterocycles. The van der Waals surface area contributed by atoms with E-state index in [-0.39, 0.29) is 53.3 Å². The highest BCUT2D eigenvalue weighted by Gasteiger charge is 2.37. The maximum absolute atomic E-state index is 14.5. The molecule has 246 valence electrons. The summed E-state index contributed by atoms with van der Waals surface area (Å²) < 4.78 is 72.7. The third-order valence-electron chi connectivity index (χ3n) is 6.69. The number of hydrogen-bond acceptors (Lipinski definition) is 7. The van der Waals surface area contributed by atoms with Crippen LogP contribution in [-0.4, -0.2) is 69.4 Å². The SMILES string of the molecule is CNC.COc1cc(F)c(C2CC(=O)N(c3c(C)ccn(C4CCOC4)c3=O)C2)c(F)c1.O=Cc1ccc(F)cc1.OC(F)F. The molecular formula is C31H36F5N3O6. The first kappa shape index (κ1) is 37.0. The summed E-state index contributed by atoms with van der Waals surface area (Å²) in [5.41, 5.74) is 0.970. The van der Waals surface area contributed by atoms with Crippen molar-refractivity contribution < 1.29 is 46.1 Å². The molecule has 5 rings (SSSR count). The van der Waals surface area contributed by atoms with Crippen molar-refractivity contribution in [1.82, 2.24) is 9.88 Å². The van der Waals surface area contributed by atoms with Crippen LogP contribution >= 0.6 is 0 Å². The van der Waals surface area contributed by atoms with E-state index in [0.717, 1.165) is 18.6 Å². The Hall–Kier alpha value is -4.14. The number of aldehydes is 1. The number of nitrogens with zero attached hydrogens (tertiary/aromatic N) is 2. The summed E-state index contributed by atoms with van der Waals surface area (Å²) in [6.45, 7) is -0.343. The van der Waals surface area contributed by atoms with Crippen molar-refractivity contribution in [3.05, 3.63) is 93.2 Å². The van der Waals surface area contributed by atoms with Gasteiger partial charge in [-0.2, -0.15) is 8.78 Å². The zero-order valence-corrected chi connectivity index (χ0v) is 25.2. The number of benzene rings is 2. The van der Waals surface area contributed by atoms with Gasteiger partial charge in [0, 0.05) is 54.9 Å². The Kier molecular flexibility index (Phi) is 14.8.